The molecule has 0 fully saturated rings. The van der Waals surface area contributed by atoms with Crippen molar-refractivity contribution in [1.82, 2.24) is 0 Å². The number of Topliss-reactive ketones (excluding diaryl/α,β-unsaturated/α-hetero) is 1. The van der Waals surface area contributed by atoms with Crippen LogP contribution in [0.3, 0.4) is 0 Å². The summed E-state index contributed by atoms with van der Waals surface area (Å²) < 4.78 is 0. The van der Waals surface area contributed by atoms with Crippen LogP contribution in [0.2, 0.25) is 0 Å². The second-order valence-electron chi connectivity index (χ2n) is 7.53. The highest BCUT2D eigenvalue weighted by molar-refractivity contribution is 6.10. The lowest BCUT2D eigenvalue weighted by atomic mass is 10.1. The number of hydrogen-bond donors (Lipinski definition) is 1. The molecule has 5 heteroatoms. The molecule has 1 N–H and O–H groups in total. The lowest BCUT2D eigenvalue weighted by Crippen LogP contribution is -2.35. The fourth-order valence-corrected chi connectivity index (χ4v) is 3.83. The van der Waals surface area contributed by atoms with E-state index in [1.165, 1.54) is 6.92 Å². The molecule has 30 heavy (non-hydrogen) atoms. The van der Waals surface area contributed by atoms with E-state index in [1.807, 2.05) is 31.2 Å². The second-order valence-corrected chi connectivity index (χ2v) is 7.53. The largest absolute Gasteiger partial charge is 0.322 e. The molecule has 150 valence electrons. The van der Waals surface area contributed by atoms with Gasteiger partial charge in [0.25, 0.3) is 11.8 Å². The molecule has 1 atom stereocenters. The van der Waals surface area contributed by atoms with E-state index >= 15 is 0 Å². The average molecular weight is 398 g/mol. The van der Waals surface area contributed by atoms with Crippen molar-refractivity contribution in [3.05, 3.63) is 95.1 Å². The van der Waals surface area contributed by atoms with Gasteiger partial charge in [-0.25, -0.2) is 0 Å². The molecular weight excluding hydrogens is 376 g/mol. The molecule has 3 aromatic rings. The van der Waals surface area contributed by atoms with E-state index in [4.69, 9.17) is 0 Å². The molecule has 1 heterocycles. The predicted octanol–water partition coefficient (Wildman–Crippen LogP) is 4.73. The van der Waals surface area contributed by atoms with Gasteiger partial charge in [-0.3, -0.25) is 14.4 Å². The zero-order valence-corrected chi connectivity index (χ0v) is 16.9. The van der Waals surface area contributed by atoms with Gasteiger partial charge in [-0.15, -0.1) is 0 Å². The number of benzene rings is 3. The molecule has 0 radical (unpaired) electrons. The molecular formula is C25H22N2O3. The van der Waals surface area contributed by atoms with Crippen molar-refractivity contribution < 1.29 is 14.4 Å². The summed E-state index contributed by atoms with van der Waals surface area (Å²) in [5.41, 5.74) is 3.98. The maximum absolute atomic E-state index is 13.2. The Bertz CT molecular complexity index is 1150. The van der Waals surface area contributed by atoms with E-state index in [-0.39, 0.29) is 23.6 Å². The molecule has 0 bridgehead atoms. The number of hydrogen-bond acceptors (Lipinski definition) is 3. The van der Waals surface area contributed by atoms with E-state index in [0.29, 0.717) is 22.4 Å². The van der Waals surface area contributed by atoms with E-state index < -0.39 is 0 Å². The summed E-state index contributed by atoms with van der Waals surface area (Å²) in [6.07, 6.45) is 0.814. The third-order valence-electron chi connectivity index (χ3n) is 5.32. The van der Waals surface area contributed by atoms with E-state index in [1.54, 1.807) is 53.4 Å². The van der Waals surface area contributed by atoms with Crippen molar-refractivity contribution in [3.63, 3.8) is 0 Å². The Kier molecular flexibility index (Phi) is 5.19. The summed E-state index contributed by atoms with van der Waals surface area (Å²) in [5, 5.41) is 2.80. The van der Waals surface area contributed by atoms with Crippen molar-refractivity contribution in [1.29, 1.82) is 0 Å². The number of anilines is 2. The predicted molar refractivity (Wildman–Crippen MR) is 117 cm³/mol. The van der Waals surface area contributed by atoms with E-state index in [9.17, 15) is 14.4 Å². The number of carbonyl (C=O) groups is 3. The Morgan fingerprint density at radius 2 is 1.57 bits per heavy atom. The Labute approximate surface area is 175 Å². The molecule has 1 aliphatic heterocycles. The molecule has 0 saturated carbocycles. The zero-order chi connectivity index (χ0) is 21.3. The minimum atomic E-state index is -0.333. The van der Waals surface area contributed by atoms with Crippen LogP contribution < -0.4 is 10.2 Å². The molecule has 1 aliphatic rings. The molecule has 0 saturated heterocycles. The van der Waals surface area contributed by atoms with Gasteiger partial charge in [0.05, 0.1) is 0 Å². The lowest BCUT2D eigenvalue weighted by Gasteiger charge is -2.23. The highest BCUT2D eigenvalue weighted by Crippen LogP contribution is 2.33. The van der Waals surface area contributed by atoms with E-state index in [2.05, 4.69) is 5.32 Å². The molecule has 5 nitrogen and oxygen atoms in total. The third-order valence-corrected chi connectivity index (χ3v) is 5.32. The first-order chi connectivity index (χ1) is 14.4. The maximum atomic E-state index is 13.2. The lowest BCUT2D eigenvalue weighted by molar-refractivity contribution is 0.0979. The fraction of sp³-hybridized carbons (Fsp3) is 0.160. The first-order valence-corrected chi connectivity index (χ1v) is 9.88. The highest BCUT2D eigenvalue weighted by atomic mass is 16.2. The van der Waals surface area contributed by atoms with Crippen LogP contribution in [-0.2, 0) is 6.42 Å². The minimum absolute atomic E-state index is 0.0571. The normalized spacial score (nSPS) is 14.9. The van der Waals surface area contributed by atoms with Crippen LogP contribution in [0.1, 0.15) is 50.5 Å². The number of para-hydroxylation sites is 1. The van der Waals surface area contributed by atoms with Crippen LogP contribution in [0.4, 0.5) is 11.4 Å². The number of amides is 2. The van der Waals surface area contributed by atoms with Gasteiger partial charge >= 0.3 is 0 Å². The molecule has 2 amide bonds. The smallest absolute Gasteiger partial charge is 0.258 e. The molecule has 0 aromatic heterocycles. The Balaban J connectivity index is 1.57. The minimum Gasteiger partial charge on any atom is -0.322 e. The van der Waals surface area contributed by atoms with Crippen molar-refractivity contribution in [2.75, 3.05) is 10.2 Å². The zero-order valence-electron chi connectivity index (χ0n) is 16.9. The van der Waals surface area contributed by atoms with Gasteiger partial charge in [-0.05, 0) is 62.2 Å². The summed E-state index contributed by atoms with van der Waals surface area (Å²) in [4.78, 5) is 39.3. The number of ketones is 1. The highest BCUT2D eigenvalue weighted by Gasteiger charge is 2.31. The van der Waals surface area contributed by atoms with Crippen molar-refractivity contribution >= 4 is 29.0 Å². The molecule has 3 aromatic carbocycles. The number of nitrogens with one attached hydrogen (secondary N) is 1. The summed E-state index contributed by atoms with van der Waals surface area (Å²) in [7, 11) is 0. The van der Waals surface area contributed by atoms with Crippen LogP contribution >= 0.6 is 0 Å². The van der Waals surface area contributed by atoms with Crippen LogP contribution in [0.15, 0.2) is 72.8 Å². The number of rotatable bonds is 4. The maximum Gasteiger partial charge on any atom is 0.258 e. The molecule has 0 spiro atoms. The van der Waals surface area contributed by atoms with Crippen molar-refractivity contribution in [3.8, 4) is 0 Å². The standard InChI is InChI=1S/C25H22N2O3/c1-16-13-19-7-3-4-12-23(19)27(16)25(30)21-10-5-9-20(14-21)24(29)26-22-11-6-8-18(15-22)17(2)28/h3-12,14-16H,13H2,1-2H3,(H,26,29). The summed E-state index contributed by atoms with van der Waals surface area (Å²) in [5.74, 6) is -0.528. The van der Waals surface area contributed by atoms with Crippen LogP contribution in [0.25, 0.3) is 0 Å². The van der Waals surface area contributed by atoms with Gasteiger partial charge in [-0.1, -0.05) is 36.4 Å². The first kappa shape index (κ1) is 19.6. The molecule has 1 unspecified atom stereocenters. The molecule has 0 aliphatic carbocycles. The van der Waals surface area contributed by atoms with Gasteiger partial charge in [0.1, 0.15) is 0 Å². The average Bonchev–Trinajstić information content (AvgIpc) is 3.09. The Morgan fingerprint density at radius 1 is 0.867 bits per heavy atom. The fourth-order valence-electron chi connectivity index (χ4n) is 3.83. The monoisotopic (exact) mass is 398 g/mol. The van der Waals surface area contributed by atoms with Crippen LogP contribution in [0, 0.1) is 0 Å². The number of nitrogens with zero attached hydrogens (tertiary/aromatic N) is 1. The SMILES string of the molecule is CC(=O)c1cccc(NC(=O)c2cccc(C(=O)N3c4ccccc4CC3C)c2)c1. The van der Waals surface area contributed by atoms with Crippen molar-refractivity contribution in [2.24, 2.45) is 0 Å². The first-order valence-electron chi connectivity index (χ1n) is 9.88. The number of fused-ring (bicyclic) bond motifs is 1. The van der Waals surface area contributed by atoms with Crippen LogP contribution in [0.5, 0.6) is 0 Å². The third kappa shape index (κ3) is 3.74. The van der Waals surface area contributed by atoms with Gasteiger partial charge < -0.3 is 10.2 Å². The van der Waals surface area contributed by atoms with Gasteiger partial charge in [0.2, 0.25) is 0 Å². The van der Waals surface area contributed by atoms with E-state index in [0.717, 1.165) is 17.7 Å². The Hall–Kier alpha value is -3.73. The second kappa shape index (κ2) is 7.95. The number of carbonyl (C=O) groups excluding carboxylic acids is 3. The summed E-state index contributed by atoms with van der Waals surface area (Å²) in [6, 6.07) is 21.5. The van der Waals surface area contributed by atoms with Crippen molar-refractivity contribution in [2.45, 2.75) is 26.3 Å². The van der Waals surface area contributed by atoms with Crippen LogP contribution in [-0.4, -0.2) is 23.6 Å². The molecule has 4 rings (SSSR count). The van der Waals surface area contributed by atoms with Gasteiger partial charge in [0.15, 0.2) is 5.78 Å². The summed E-state index contributed by atoms with van der Waals surface area (Å²) in [6.45, 7) is 3.50. The van der Waals surface area contributed by atoms with Gasteiger partial charge in [-0.2, -0.15) is 0 Å². The quantitative estimate of drug-likeness (QED) is 0.646. The topological polar surface area (TPSA) is 66.5 Å². The Morgan fingerprint density at radius 3 is 2.37 bits per heavy atom. The van der Waals surface area contributed by atoms with Gasteiger partial charge in [0, 0.05) is 34.1 Å². The summed E-state index contributed by atoms with van der Waals surface area (Å²) >= 11 is 0.